The minimum atomic E-state index is -4.44. The number of hydrogen-bond donors (Lipinski definition) is 1. The summed E-state index contributed by atoms with van der Waals surface area (Å²) < 4.78 is 43.8. The molecule has 0 saturated carbocycles. The normalized spacial score (nSPS) is 12.6. The van der Waals surface area contributed by atoms with Gasteiger partial charge in [-0.3, -0.25) is 4.79 Å². The zero-order chi connectivity index (χ0) is 18.6. The van der Waals surface area contributed by atoms with E-state index in [1.165, 1.54) is 18.4 Å². The van der Waals surface area contributed by atoms with Crippen LogP contribution in [-0.4, -0.2) is 5.91 Å². The molecule has 3 aromatic rings. The first-order chi connectivity index (χ1) is 12.4. The average molecular weight is 359 g/mol. The largest absolute Gasteiger partial charge is 0.467 e. The highest BCUT2D eigenvalue weighted by Gasteiger charge is 2.30. The van der Waals surface area contributed by atoms with Crippen LogP contribution in [0.5, 0.6) is 0 Å². The number of furan rings is 1. The van der Waals surface area contributed by atoms with Gasteiger partial charge in [0.2, 0.25) is 5.91 Å². The second-order valence-corrected chi connectivity index (χ2v) is 5.80. The third-order valence-corrected chi connectivity index (χ3v) is 3.88. The summed E-state index contributed by atoms with van der Waals surface area (Å²) in [6.07, 6.45) is -3.09. The Labute approximate surface area is 148 Å². The fourth-order valence-electron chi connectivity index (χ4n) is 2.67. The van der Waals surface area contributed by atoms with E-state index < -0.39 is 23.7 Å². The molecule has 26 heavy (non-hydrogen) atoms. The number of benzene rings is 2. The van der Waals surface area contributed by atoms with Gasteiger partial charge in [-0.25, -0.2) is 0 Å². The van der Waals surface area contributed by atoms with E-state index in [4.69, 9.17) is 4.42 Å². The standard InChI is InChI=1S/C20H16F3NO2/c21-20(22,23)16-9-4-6-14(12-16)13-18(25)24-19(17-10-5-11-26-17)15-7-2-1-3-8-15/h1-12,19H,13H2,(H,24,25)/t19-/m1/s1. The summed E-state index contributed by atoms with van der Waals surface area (Å²) in [4.78, 5) is 12.4. The van der Waals surface area contributed by atoms with Gasteiger partial charge in [-0.1, -0.05) is 48.5 Å². The molecule has 0 unspecified atom stereocenters. The second-order valence-electron chi connectivity index (χ2n) is 5.80. The van der Waals surface area contributed by atoms with E-state index in [1.807, 2.05) is 30.3 Å². The van der Waals surface area contributed by atoms with Gasteiger partial charge < -0.3 is 9.73 Å². The monoisotopic (exact) mass is 359 g/mol. The van der Waals surface area contributed by atoms with E-state index in [-0.39, 0.29) is 6.42 Å². The van der Waals surface area contributed by atoms with E-state index in [9.17, 15) is 18.0 Å². The quantitative estimate of drug-likeness (QED) is 0.715. The molecule has 1 atom stereocenters. The highest BCUT2D eigenvalue weighted by atomic mass is 19.4. The number of nitrogens with one attached hydrogen (secondary N) is 1. The van der Waals surface area contributed by atoms with E-state index >= 15 is 0 Å². The number of carbonyl (C=O) groups excluding carboxylic acids is 1. The maximum atomic E-state index is 12.8. The molecule has 0 aliphatic carbocycles. The van der Waals surface area contributed by atoms with Crippen molar-refractivity contribution < 1.29 is 22.4 Å². The molecule has 0 radical (unpaired) electrons. The molecule has 3 nitrogen and oxygen atoms in total. The van der Waals surface area contributed by atoms with Crippen LogP contribution in [0, 0.1) is 0 Å². The van der Waals surface area contributed by atoms with Crippen molar-refractivity contribution in [2.45, 2.75) is 18.6 Å². The summed E-state index contributed by atoms with van der Waals surface area (Å²) in [7, 11) is 0. The van der Waals surface area contributed by atoms with Gasteiger partial charge in [-0.2, -0.15) is 13.2 Å². The van der Waals surface area contributed by atoms with Gasteiger partial charge in [-0.15, -0.1) is 0 Å². The molecule has 1 heterocycles. The fraction of sp³-hybridized carbons (Fsp3) is 0.150. The van der Waals surface area contributed by atoms with Crippen molar-refractivity contribution in [3.63, 3.8) is 0 Å². The second kappa shape index (κ2) is 7.47. The maximum absolute atomic E-state index is 12.8. The van der Waals surface area contributed by atoms with Crippen LogP contribution in [0.4, 0.5) is 13.2 Å². The van der Waals surface area contributed by atoms with Gasteiger partial charge in [0.05, 0.1) is 18.2 Å². The van der Waals surface area contributed by atoms with Crippen molar-refractivity contribution in [3.8, 4) is 0 Å². The minimum absolute atomic E-state index is 0.159. The van der Waals surface area contributed by atoms with E-state index in [1.54, 1.807) is 12.1 Å². The van der Waals surface area contributed by atoms with Crippen molar-refractivity contribution in [1.29, 1.82) is 0 Å². The Bertz CT molecular complexity index is 858. The minimum Gasteiger partial charge on any atom is -0.467 e. The lowest BCUT2D eigenvalue weighted by atomic mass is 10.0. The SMILES string of the molecule is O=C(Cc1cccc(C(F)(F)F)c1)N[C@H](c1ccccc1)c1ccco1. The lowest BCUT2D eigenvalue weighted by molar-refractivity contribution is -0.137. The van der Waals surface area contributed by atoms with Crippen LogP contribution in [-0.2, 0) is 17.4 Å². The first-order valence-corrected chi connectivity index (χ1v) is 7.97. The zero-order valence-corrected chi connectivity index (χ0v) is 13.7. The van der Waals surface area contributed by atoms with Crippen molar-refractivity contribution in [2.75, 3.05) is 0 Å². The number of amides is 1. The third kappa shape index (κ3) is 4.33. The lowest BCUT2D eigenvalue weighted by Crippen LogP contribution is -2.30. The van der Waals surface area contributed by atoms with Crippen LogP contribution < -0.4 is 5.32 Å². The Kier molecular flexibility index (Phi) is 5.11. The van der Waals surface area contributed by atoms with Crippen LogP contribution >= 0.6 is 0 Å². The van der Waals surface area contributed by atoms with Crippen LogP contribution in [0.3, 0.4) is 0 Å². The van der Waals surface area contributed by atoms with Crippen molar-refractivity contribution >= 4 is 5.91 Å². The molecule has 6 heteroatoms. The topological polar surface area (TPSA) is 42.2 Å². The lowest BCUT2D eigenvalue weighted by Gasteiger charge is -2.17. The van der Waals surface area contributed by atoms with Crippen LogP contribution in [0.25, 0.3) is 0 Å². The first kappa shape index (κ1) is 17.8. The van der Waals surface area contributed by atoms with Gasteiger partial charge in [0.1, 0.15) is 11.8 Å². The molecule has 0 aliphatic heterocycles. The molecule has 0 bridgehead atoms. The highest BCUT2D eigenvalue weighted by molar-refractivity contribution is 5.79. The van der Waals surface area contributed by atoms with Gasteiger partial charge in [0, 0.05) is 0 Å². The fourth-order valence-corrected chi connectivity index (χ4v) is 2.67. The summed E-state index contributed by atoms with van der Waals surface area (Å²) in [5.41, 5.74) is 0.344. The number of halogens is 3. The van der Waals surface area contributed by atoms with Crippen LogP contribution in [0.2, 0.25) is 0 Å². The Morgan fingerprint density at radius 1 is 1.00 bits per heavy atom. The summed E-state index contributed by atoms with van der Waals surface area (Å²) in [5, 5.41) is 2.83. The molecule has 0 saturated heterocycles. The smallest absolute Gasteiger partial charge is 0.416 e. The zero-order valence-electron chi connectivity index (χ0n) is 13.7. The van der Waals surface area contributed by atoms with Crippen molar-refractivity contribution in [1.82, 2.24) is 5.32 Å². The molecular weight excluding hydrogens is 343 g/mol. The molecule has 134 valence electrons. The molecule has 2 aromatic carbocycles. The number of alkyl halides is 3. The molecule has 1 amide bonds. The molecule has 3 rings (SSSR count). The molecular formula is C20H16F3NO2. The summed E-state index contributed by atoms with van der Waals surface area (Å²) in [6, 6.07) is 16.9. The van der Waals surface area contributed by atoms with Gasteiger partial charge in [0.15, 0.2) is 0 Å². The molecule has 0 fully saturated rings. The molecule has 1 aromatic heterocycles. The van der Waals surface area contributed by atoms with Crippen LogP contribution in [0.1, 0.15) is 28.5 Å². The molecule has 0 aliphatic rings. The first-order valence-electron chi connectivity index (χ1n) is 7.97. The number of carbonyl (C=O) groups is 1. The summed E-state index contributed by atoms with van der Waals surface area (Å²) in [5.74, 6) is 0.156. The van der Waals surface area contributed by atoms with Gasteiger partial charge >= 0.3 is 6.18 Å². The highest BCUT2D eigenvalue weighted by Crippen LogP contribution is 2.29. The molecule has 1 N–H and O–H groups in total. The summed E-state index contributed by atoms with van der Waals surface area (Å²) in [6.45, 7) is 0. The number of rotatable bonds is 5. The summed E-state index contributed by atoms with van der Waals surface area (Å²) >= 11 is 0. The number of hydrogen-bond acceptors (Lipinski definition) is 2. The Morgan fingerprint density at radius 2 is 1.77 bits per heavy atom. The molecule has 0 spiro atoms. The average Bonchev–Trinajstić information content (AvgIpc) is 3.14. The van der Waals surface area contributed by atoms with E-state index in [0.29, 0.717) is 11.3 Å². The predicted molar refractivity (Wildman–Crippen MR) is 90.3 cm³/mol. The van der Waals surface area contributed by atoms with Crippen LogP contribution in [0.15, 0.2) is 77.4 Å². The predicted octanol–water partition coefficient (Wildman–Crippen LogP) is 4.75. The Hall–Kier alpha value is -3.02. The Morgan fingerprint density at radius 3 is 2.42 bits per heavy atom. The third-order valence-electron chi connectivity index (χ3n) is 3.88. The van der Waals surface area contributed by atoms with Crippen molar-refractivity contribution in [3.05, 3.63) is 95.4 Å². The van der Waals surface area contributed by atoms with Gasteiger partial charge in [0.25, 0.3) is 0 Å². The van der Waals surface area contributed by atoms with Gasteiger partial charge in [-0.05, 0) is 29.3 Å². The maximum Gasteiger partial charge on any atom is 0.416 e. The van der Waals surface area contributed by atoms with Crippen molar-refractivity contribution in [2.24, 2.45) is 0 Å². The van der Waals surface area contributed by atoms with E-state index in [0.717, 1.165) is 17.7 Å². The van der Waals surface area contributed by atoms with E-state index in [2.05, 4.69) is 5.32 Å². The Balaban J connectivity index is 1.77.